The molecule has 0 unspecified atom stereocenters. The van der Waals surface area contributed by atoms with Crippen molar-refractivity contribution < 1.29 is 24.2 Å². The number of carboxylic acid groups (broad SMARTS) is 1. The number of amides is 2. The molecule has 47 heavy (non-hydrogen) atoms. The van der Waals surface area contributed by atoms with Crippen molar-refractivity contribution in [3.05, 3.63) is 131 Å². The van der Waals surface area contributed by atoms with Crippen molar-refractivity contribution in [3.63, 3.8) is 0 Å². The molecule has 0 radical (unpaired) electrons. The summed E-state index contributed by atoms with van der Waals surface area (Å²) in [6, 6.07) is 30.4. The van der Waals surface area contributed by atoms with Gasteiger partial charge in [-0.15, -0.1) is 0 Å². The summed E-state index contributed by atoms with van der Waals surface area (Å²) in [5.41, 5.74) is 7.76. The van der Waals surface area contributed by atoms with Crippen LogP contribution in [0, 0.1) is 19.8 Å². The number of nitrogens with one attached hydrogen (secondary N) is 1. The van der Waals surface area contributed by atoms with Crippen LogP contribution in [0.15, 0.2) is 97.1 Å². The molecule has 8 nitrogen and oxygen atoms in total. The lowest BCUT2D eigenvalue weighted by molar-refractivity contribution is 0.0697. The van der Waals surface area contributed by atoms with Crippen LogP contribution in [-0.4, -0.2) is 51.7 Å². The fraction of sp³-hybridized carbons (Fsp3) is 0.256. The van der Waals surface area contributed by atoms with E-state index in [-0.39, 0.29) is 36.1 Å². The molecule has 1 saturated heterocycles. The van der Waals surface area contributed by atoms with E-state index in [2.05, 4.69) is 23.7 Å². The molecule has 0 aliphatic carbocycles. The highest BCUT2D eigenvalue weighted by Crippen LogP contribution is 2.29. The van der Waals surface area contributed by atoms with Crippen LogP contribution in [0.1, 0.15) is 56.4 Å². The fourth-order valence-corrected chi connectivity index (χ4v) is 6.47. The van der Waals surface area contributed by atoms with Crippen molar-refractivity contribution in [1.82, 2.24) is 14.8 Å². The first-order valence-corrected chi connectivity index (χ1v) is 16.0. The number of aromatic nitrogens is 1. The number of fused-ring (bicyclic) bond motifs is 1. The molecule has 0 spiro atoms. The van der Waals surface area contributed by atoms with Gasteiger partial charge in [-0.3, -0.25) is 4.79 Å². The number of aromatic carboxylic acids is 1. The van der Waals surface area contributed by atoms with Gasteiger partial charge in [0.05, 0.1) is 5.56 Å². The van der Waals surface area contributed by atoms with Crippen LogP contribution in [0.25, 0.3) is 22.0 Å². The highest BCUT2D eigenvalue weighted by atomic mass is 16.6. The Balaban J connectivity index is 1.10. The van der Waals surface area contributed by atoms with Crippen LogP contribution < -0.4 is 5.32 Å². The van der Waals surface area contributed by atoms with E-state index in [0.717, 1.165) is 45.3 Å². The van der Waals surface area contributed by atoms with Gasteiger partial charge in [-0.2, -0.15) is 0 Å². The number of ether oxygens (including phenoxy) is 1. The third-order valence-electron chi connectivity index (χ3n) is 9.42. The van der Waals surface area contributed by atoms with E-state index >= 15 is 0 Å². The van der Waals surface area contributed by atoms with Crippen LogP contribution in [0.4, 0.5) is 4.79 Å². The number of nitrogens with zero attached hydrogens (tertiary/aromatic N) is 2. The molecule has 0 bridgehead atoms. The Hall–Kier alpha value is -5.37. The van der Waals surface area contributed by atoms with Crippen LogP contribution in [0.5, 0.6) is 0 Å². The Morgan fingerprint density at radius 3 is 2.38 bits per heavy atom. The number of hydrogen-bond acceptors (Lipinski definition) is 4. The van der Waals surface area contributed by atoms with Crippen LogP contribution in [-0.2, 0) is 17.9 Å². The summed E-state index contributed by atoms with van der Waals surface area (Å²) < 4.78 is 7.75. The van der Waals surface area contributed by atoms with Crippen LogP contribution in [0.3, 0.4) is 0 Å². The monoisotopic (exact) mass is 629 g/mol. The lowest BCUT2D eigenvalue weighted by Gasteiger charge is -2.21. The van der Waals surface area contributed by atoms with Gasteiger partial charge in [0, 0.05) is 47.8 Å². The molecular weight excluding hydrogens is 590 g/mol. The summed E-state index contributed by atoms with van der Waals surface area (Å²) in [7, 11) is 0. The Labute approximate surface area is 274 Å². The number of carbonyl (C=O) groups excluding carboxylic acids is 2. The number of carboxylic acids is 1. The maximum absolute atomic E-state index is 13.4. The Bertz CT molecular complexity index is 1930. The molecule has 1 fully saturated rings. The molecule has 2 amide bonds. The van der Waals surface area contributed by atoms with Gasteiger partial charge in [-0.1, -0.05) is 72.8 Å². The number of aryl methyl sites for hydroxylation is 1. The summed E-state index contributed by atoms with van der Waals surface area (Å²) in [5.74, 6) is -0.938. The number of benzene rings is 4. The van der Waals surface area contributed by atoms with Gasteiger partial charge in [0.15, 0.2) is 0 Å². The Morgan fingerprint density at radius 1 is 0.915 bits per heavy atom. The fourth-order valence-electron chi connectivity index (χ4n) is 6.47. The molecule has 2 heterocycles. The van der Waals surface area contributed by atoms with Gasteiger partial charge < -0.3 is 24.6 Å². The van der Waals surface area contributed by atoms with E-state index < -0.39 is 5.97 Å². The Morgan fingerprint density at radius 2 is 1.64 bits per heavy atom. The molecule has 2 N–H and O–H groups in total. The standard InChI is InChI=1S/C39H39N3O5/c1-25-27(3)42(22-28-13-15-30(16-14-28)33-11-7-8-12-34(33)38(44)45)36-18-17-31(21-35(25)36)37(43)40-26(2)32-19-20-41(23-32)39(46)47-24-29-9-5-4-6-10-29/h4-18,21,26,32H,19-20,22-24H2,1-3H3,(H,40,43)(H,44,45)/t26-,32+/m0/s1. The highest BCUT2D eigenvalue weighted by molar-refractivity contribution is 5.99. The zero-order valence-electron chi connectivity index (χ0n) is 26.9. The third-order valence-corrected chi connectivity index (χ3v) is 9.42. The molecule has 6 rings (SSSR count). The molecule has 1 aliphatic rings. The summed E-state index contributed by atoms with van der Waals surface area (Å²) in [5, 5.41) is 13.8. The SMILES string of the molecule is Cc1c(C)n(Cc2ccc(-c3ccccc3C(=O)O)cc2)c2ccc(C(=O)N[C@@H](C)[C@@H]3CCN(C(=O)OCc4ccccc4)C3)cc12. The quantitative estimate of drug-likeness (QED) is 0.176. The molecule has 240 valence electrons. The molecule has 1 aliphatic heterocycles. The van der Waals surface area contributed by atoms with E-state index in [9.17, 15) is 19.5 Å². The molecule has 8 heteroatoms. The summed E-state index contributed by atoms with van der Waals surface area (Å²) in [4.78, 5) is 39.4. The second kappa shape index (κ2) is 13.5. The number of rotatable bonds is 9. The van der Waals surface area contributed by atoms with Gasteiger partial charge >= 0.3 is 12.1 Å². The average molecular weight is 630 g/mol. The van der Waals surface area contributed by atoms with Crippen molar-refractivity contribution in [1.29, 1.82) is 0 Å². The first-order chi connectivity index (χ1) is 22.7. The second-order valence-corrected chi connectivity index (χ2v) is 12.4. The number of likely N-dealkylation sites (tertiary alicyclic amines) is 1. The van der Waals surface area contributed by atoms with Gasteiger partial charge in [0.1, 0.15) is 6.61 Å². The topological polar surface area (TPSA) is 101 Å². The van der Waals surface area contributed by atoms with Crippen molar-refractivity contribution in [3.8, 4) is 11.1 Å². The van der Waals surface area contributed by atoms with Crippen molar-refractivity contribution in [2.24, 2.45) is 5.92 Å². The highest BCUT2D eigenvalue weighted by Gasteiger charge is 2.31. The van der Waals surface area contributed by atoms with Crippen molar-refractivity contribution in [2.75, 3.05) is 13.1 Å². The zero-order valence-corrected chi connectivity index (χ0v) is 26.9. The van der Waals surface area contributed by atoms with Crippen molar-refractivity contribution in [2.45, 2.75) is 46.4 Å². The smallest absolute Gasteiger partial charge is 0.410 e. The van der Waals surface area contributed by atoms with Gasteiger partial charge in [0.25, 0.3) is 5.91 Å². The van der Waals surface area contributed by atoms with E-state index in [1.165, 1.54) is 0 Å². The Kier molecular flexibility index (Phi) is 9.11. The van der Waals surface area contributed by atoms with Gasteiger partial charge in [-0.05, 0) is 85.2 Å². The van der Waals surface area contributed by atoms with Gasteiger partial charge in [0.2, 0.25) is 0 Å². The predicted molar refractivity (Wildman–Crippen MR) is 183 cm³/mol. The van der Waals surface area contributed by atoms with Crippen LogP contribution >= 0.6 is 0 Å². The molecule has 5 aromatic rings. The maximum Gasteiger partial charge on any atom is 0.410 e. The molecule has 0 saturated carbocycles. The summed E-state index contributed by atoms with van der Waals surface area (Å²) in [6.45, 7) is 8.20. The summed E-state index contributed by atoms with van der Waals surface area (Å²) in [6.07, 6.45) is 0.477. The van der Waals surface area contributed by atoms with E-state index in [1.807, 2.05) is 91.9 Å². The maximum atomic E-state index is 13.4. The van der Waals surface area contributed by atoms with E-state index in [4.69, 9.17) is 4.74 Å². The zero-order chi connectivity index (χ0) is 33.1. The average Bonchev–Trinajstić information content (AvgIpc) is 3.68. The number of hydrogen-bond donors (Lipinski definition) is 2. The normalized spacial score (nSPS) is 15.0. The first-order valence-electron chi connectivity index (χ1n) is 16.0. The minimum atomic E-state index is -0.945. The van der Waals surface area contributed by atoms with E-state index in [0.29, 0.717) is 30.8 Å². The minimum absolute atomic E-state index is 0.108. The second-order valence-electron chi connectivity index (χ2n) is 12.4. The molecule has 2 atom stereocenters. The molecule has 4 aromatic carbocycles. The van der Waals surface area contributed by atoms with Crippen LogP contribution in [0.2, 0.25) is 0 Å². The minimum Gasteiger partial charge on any atom is -0.478 e. The first kappa shape index (κ1) is 31.6. The molecular formula is C39H39N3O5. The molecule has 1 aromatic heterocycles. The lowest BCUT2D eigenvalue weighted by atomic mass is 9.99. The van der Waals surface area contributed by atoms with Crippen molar-refractivity contribution >= 4 is 28.9 Å². The summed E-state index contributed by atoms with van der Waals surface area (Å²) >= 11 is 0. The predicted octanol–water partition coefficient (Wildman–Crippen LogP) is 7.45. The third kappa shape index (κ3) is 6.77. The van der Waals surface area contributed by atoms with Gasteiger partial charge in [-0.25, -0.2) is 9.59 Å². The van der Waals surface area contributed by atoms with E-state index in [1.54, 1.807) is 17.0 Å². The lowest BCUT2D eigenvalue weighted by Crippen LogP contribution is -2.40. The number of carbonyl (C=O) groups is 3. The largest absolute Gasteiger partial charge is 0.478 e.